The molecule has 0 bridgehead atoms. The second-order valence-electron chi connectivity index (χ2n) is 4.76. The van der Waals surface area contributed by atoms with Gasteiger partial charge in [-0.1, -0.05) is 28.1 Å². The van der Waals surface area contributed by atoms with E-state index in [1.165, 1.54) is 0 Å². The average Bonchev–Trinajstić information content (AvgIpc) is 3.02. The lowest BCUT2D eigenvalue weighted by Crippen LogP contribution is -2.13. The highest BCUT2D eigenvalue weighted by atomic mass is 79.9. The first-order chi connectivity index (χ1) is 10.5. The summed E-state index contributed by atoms with van der Waals surface area (Å²) in [4.78, 5) is 0.255. The molecule has 116 valence electrons. The molecule has 0 saturated carbocycles. The van der Waals surface area contributed by atoms with E-state index < -0.39 is 10.0 Å². The summed E-state index contributed by atoms with van der Waals surface area (Å²) in [5, 5.41) is 0. The number of halogens is 1. The van der Waals surface area contributed by atoms with E-state index in [1.54, 1.807) is 30.3 Å². The zero-order valence-electron chi connectivity index (χ0n) is 11.5. The van der Waals surface area contributed by atoms with Crippen LogP contribution in [0.3, 0.4) is 0 Å². The Hall–Kier alpha value is -0.630. The lowest BCUT2D eigenvalue weighted by molar-refractivity contribution is 0.601. The van der Waals surface area contributed by atoms with Crippen molar-refractivity contribution in [3.63, 3.8) is 0 Å². The molecule has 3 nitrogen and oxygen atoms in total. The van der Waals surface area contributed by atoms with Crippen LogP contribution < -0.4 is 4.72 Å². The zero-order valence-corrected chi connectivity index (χ0v) is 15.6. The van der Waals surface area contributed by atoms with Gasteiger partial charge in [-0.3, -0.25) is 4.72 Å². The molecule has 22 heavy (non-hydrogen) atoms. The van der Waals surface area contributed by atoms with E-state index in [4.69, 9.17) is 0 Å². The molecule has 7 heteroatoms. The van der Waals surface area contributed by atoms with Crippen LogP contribution in [0.25, 0.3) is 0 Å². The molecule has 2 aromatic rings. The van der Waals surface area contributed by atoms with Gasteiger partial charge < -0.3 is 0 Å². The molecule has 1 heterocycles. The standard InChI is InChI=1S/C15H14BrNO2S3/c16-12-4-6-14(7-5-12)22(18,19)17-13-3-1-2-11(10-13)15-20-8-9-21-15/h1-7,10,15,17H,8-9H2. The third-order valence-corrected chi connectivity index (χ3v) is 8.19. The summed E-state index contributed by atoms with van der Waals surface area (Å²) >= 11 is 7.11. The van der Waals surface area contributed by atoms with Gasteiger partial charge in [0.05, 0.1) is 9.48 Å². The Morgan fingerprint density at radius 2 is 1.73 bits per heavy atom. The molecule has 0 atom stereocenters. The van der Waals surface area contributed by atoms with E-state index in [-0.39, 0.29) is 4.90 Å². The highest BCUT2D eigenvalue weighted by Gasteiger charge is 2.19. The van der Waals surface area contributed by atoms with Gasteiger partial charge in [0.15, 0.2) is 0 Å². The van der Waals surface area contributed by atoms with Crippen LogP contribution in [0, 0.1) is 0 Å². The van der Waals surface area contributed by atoms with E-state index >= 15 is 0 Å². The summed E-state index contributed by atoms with van der Waals surface area (Å²) in [6.45, 7) is 0. The van der Waals surface area contributed by atoms with Crippen molar-refractivity contribution in [2.24, 2.45) is 0 Å². The van der Waals surface area contributed by atoms with Crippen molar-refractivity contribution >= 4 is 55.2 Å². The predicted molar refractivity (Wildman–Crippen MR) is 99.0 cm³/mol. The van der Waals surface area contributed by atoms with Crippen molar-refractivity contribution < 1.29 is 8.42 Å². The molecule has 0 radical (unpaired) electrons. The van der Waals surface area contributed by atoms with Crippen molar-refractivity contribution in [2.75, 3.05) is 16.2 Å². The van der Waals surface area contributed by atoms with Gasteiger partial charge in [-0.2, -0.15) is 0 Å². The first-order valence-electron chi connectivity index (χ1n) is 6.66. The molecule has 1 N–H and O–H groups in total. The van der Waals surface area contributed by atoms with Crippen molar-refractivity contribution in [3.05, 3.63) is 58.6 Å². The second kappa shape index (κ2) is 6.86. The predicted octanol–water partition coefficient (Wildman–Crippen LogP) is 4.73. The van der Waals surface area contributed by atoms with Crippen LogP contribution in [-0.2, 0) is 10.0 Å². The van der Waals surface area contributed by atoms with Gasteiger partial charge >= 0.3 is 0 Å². The van der Waals surface area contributed by atoms with Crippen LogP contribution in [0.4, 0.5) is 5.69 Å². The van der Waals surface area contributed by atoms with Crippen molar-refractivity contribution in [1.29, 1.82) is 0 Å². The number of hydrogen-bond acceptors (Lipinski definition) is 4. The van der Waals surface area contributed by atoms with Crippen LogP contribution in [0.15, 0.2) is 57.9 Å². The minimum atomic E-state index is -3.55. The molecule has 2 aromatic carbocycles. The maximum Gasteiger partial charge on any atom is 0.261 e. The Morgan fingerprint density at radius 3 is 2.41 bits per heavy atom. The second-order valence-corrected chi connectivity index (χ2v) is 10.1. The van der Waals surface area contributed by atoms with Gasteiger partial charge in [0.1, 0.15) is 0 Å². The molecule has 0 unspecified atom stereocenters. The molecular weight excluding hydrogens is 402 g/mol. The Labute approximate surface area is 147 Å². The van der Waals surface area contributed by atoms with E-state index in [9.17, 15) is 8.42 Å². The number of hydrogen-bond donors (Lipinski definition) is 1. The summed E-state index contributed by atoms with van der Waals surface area (Å²) in [6, 6.07) is 14.3. The minimum Gasteiger partial charge on any atom is -0.280 e. The minimum absolute atomic E-state index is 0.255. The lowest BCUT2D eigenvalue weighted by atomic mass is 10.2. The SMILES string of the molecule is O=S(=O)(Nc1cccc(C2SCCS2)c1)c1ccc(Br)cc1. The molecule has 1 saturated heterocycles. The lowest BCUT2D eigenvalue weighted by Gasteiger charge is -2.12. The van der Waals surface area contributed by atoms with Crippen LogP contribution in [0.5, 0.6) is 0 Å². The van der Waals surface area contributed by atoms with Crippen LogP contribution in [0.2, 0.25) is 0 Å². The zero-order chi connectivity index (χ0) is 15.6. The molecule has 1 fully saturated rings. The van der Waals surface area contributed by atoms with Gasteiger partial charge in [0, 0.05) is 21.7 Å². The number of rotatable bonds is 4. The molecule has 0 aromatic heterocycles. The van der Waals surface area contributed by atoms with Gasteiger partial charge in [-0.25, -0.2) is 8.42 Å². The quantitative estimate of drug-likeness (QED) is 0.783. The topological polar surface area (TPSA) is 46.2 Å². The van der Waals surface area contributed by atoms with Crippen LogP contribution in [-0.4, -0.2) is 19.9 Å². The summed E-state index contributed by atoms with van der Waals surface area (Å²) < 4.78 is 28.7. The molecular formula is C15H14BrNO2S3. The highest BCUT2D eigenvalue weighted by molar-refractivity contribution is 9.10. The summed E-state index contributed by atoms with van der Waals surface area (Å²) in [5.41, 5.74) is 1.76. The molecule has 3 rings (SSSR count). The molecule has 1 aliphatic heterocycles. The average molecular weight is 416 g/mol. The summed E-state index contributed by atoms with van der Waals surface area (Å²) in [5.74, 6) is 2.29. The fourth-order valence-corrected chi connectivity index (χ4v) is 6.28. The van der Waals surface area contributed by atoms with Gasteiger partial charge in [-0.15, -0.1) is 23.5 Å². The highest BCUT2D eigenvalue weighted by Crippen LogP contribution is 2.45. The number of anilines is 1. The fourth-order valence-electron chi connectivity index (χ4n) is 2.13. The number of thioether (sulfide) groups is 2. The van der Waals surface area contributed by atoms with Crippen LogP contribution in [0.1, 0.15) is 10.1 Å². The van der Waals surface area contributed by atoms with E-state index in [2.05, 4.69) is 20.7 Å². The number of benzene rings is 2. The Kier molecular flexibility index (Phi) is 5.07. The fraction of sp³-hybridized carbons (Fsp3) is 0.200. The van der Waals surface area contributed by atoms with Crippen molar-refractivity contribution in [2.45, 2.75) is 9.48 Å². The van der Waals surface area contributed by atoms with E-state index in [0.29, 0.717) is 10.3 Å². The third-order valence-electron chi connectivity index (χ3n) is 3.16. The van der Waals surface area contributed by atoms with Crippen molar-refractivity contribution in [3.8, 4) is 0 Å². The molecule has 1 aliphatic rings. The number of nitrogens with one attached hydrogen (secondary N) is 1. The molecule has 0 spiro atoms. The van der Waals surface area contributed by atoms with E-state index in [1.807, 2.05) is 41.7 Å². The first kappa shape index (κ1) is 16.2. The largest absolute Gasteiger partial charge is 0.280 e. The van der Waals surface area contributed by atoms with Crippen LogP contribution >= 0.6 is 39.5 Å². The summed E-state index contributed by atoms with van der Waals surface area (Å²) in [7, 11) is -3.55. The Morgan fingerprint density at radius 1 is 1.05 bits per heavy atom. The van der Waals surface area contributed by atoms with Crippen molar-refractivity contribution in [1.82, 2.24) is 0 Å². The normalized spacial score (nSPS) is 15.9. The Balaban J connectivity index is 1.82. The summed E-state index contributed by atoms with van der Waals surface area (Å²) in [6.07, 6.45) is 0. The maximum absolute atomic E-state index is 12.4. The third kappa shape index (κ3) is 3.82. The van der Waals surface area contributed by atoms with E-state index in [0.717, 1.165) is 21.5 Å². The van der Waals surface area contributed by atoms with Gasteiger partial charge in [0.2, 0.25) is 0 Å². The first-order valence-corrected chi connectivity index (χ1v) is 11.0. The number of sulfonamides is 1. The maximum atomic E-state index is 12.4. The molecule has 0 amide bonds. The smallest absolute Gasteiger partial charge is 0.261 e. The van der Waals surface area contributed by atoms with Gasteiger partial charge in [0.25, 0.3) is 10.0 Å². The Bertz CT molecular complexity index is 757. The molecule has 0 aliphatic carbocycles. The monoisotopic (exact) mass is 415 g/mol. The van der Waals surface area contributed by atoms with Gasteiger partial charge in [-0.05, 0) is 42.0 Å².